The highest BCUT2D eigenvalue weighted by Gasteiger charge is 2.29. The van der Waals surface area contributed by atoms with Gasteiger partial charge >= 0.3 is 0 Å². The molecule has 4 unspecified atom stereocenters. The average Bonchev–Trinajstić information content (AvgIpc) is 2.86. The van der Waals surface area contributed by atoms with Gasteiger partial charge in [0.2, 0.25) is 0 Å². The lowest BCUT2D eigenvalue weighted by Crippen LogP contribution is -2.34. The zero-order valence-electron chi connectivity index (χ0n) is 25.9. The van der Waals surface area contributed by atoms with E-state index in [4.69, 9.17) is 14.3 Å². The first kappa shape index (κ1) is 37.0. The third kappa shape index (κ3) is 19.1. The number of aliphatic hydroxyl groups excluding tert-OH is 2. The van der Waals surface area contributed by atoms with E-state index < -0.39 is 8.53 Å². The second-order valence-electron chi connectivity index (χ2n) is 11.5. The van der Waals surface area contributed by atoms with E-state index in [0.29, 0.717) is 25.1 Å². The molecule has 0 fully saturated rings. The van der Waals surface area contributed by atoms with E-state index >= 15 is 0 Å². The van der Waals surface area contributed by atoms with Crippen LogP contribution in [0, 0.1) is 11.3 Å². The summed E-state index contributed by atoms with van der Waals surface area (Å²) < 4.78 is 14.7. The minimum atomic E-state index is -1.10. The molecule has 3 aliphatic rings. The van der Waals surface area contributed by atoms with Gasteiger partial charge in [0, 0.05) is 12.1 Å². The standard InChI is InChI=1S/C17H31N2O2P.2C8H14O/c1-15(2)19(16(3)4)22(20-14-10-13-18)21-17-11-8-6-5-7-9-12-17;2*9-8-6-4-2-1-3-5-7-8/h5-6,15-17H,7-12,14H2,1-4H3;2*1-2,8-9H,3-7H2/b6-5+;2-1+;2-1-. The van der Waals surface area contributed by atoms with E-state index in [0.717, 1.165) is 89.9 Å². The molecule has 4 atom stereocenters. The molecule has 2 N–H and O–H groups in total. The van der Waals surface area contributed by atoms with E-state index in [1.807, 2.05) is 0 Å². The smallest absolute Gasteiger partial charge is 0.259 e. The molecule has 3 aliphatic carbocycles. The Kier molecular flexibility index (Phi) is 22.7. The van der Waals surface area contributed by atoms with Gasteiger partial charge in [0.05, 0.1) is 37.4 Å². The highest BCUT2D eigenvalue weighted by molar-refractivity contribution is 7.44. The van der Waals surface area contributed by atoms with Gasteiger partial charge < -0.3 is 19.3 Å². The van der Waals surface area contributed by atoms with Crippen LogP contribution >= 0.6 is 8.53 Å². The van der Waals surface area contributed by atoms with Crippen molar-refractivity contribution in [2.75, 3.05) is 6.61 Å². The van der Waals surface area contributed by atoms with Gasteiger partial charge in [-0.1, -0.05) is 36.5 Å². The fourth-order valence-corrected chi connectivity index (χ4v) is 6.70. The van der Waals surface area contributed by atoms with Gasteiger partial charge in [-0.25, -0.2) is 4.67 Å². The highest BCUT2D eigenvalue weighted by atomic mass is 31.2. The van der Waals surface area contributed by atoms with Crippen molar-refractivity contribution in [1.29, 1.82) is 5.26 Å². The number of hydrogen-bond donors (Lipinski definition) is 2. The van der Waals surface area contributed by atoms with E-state index in [9.17, 15) is 10.2 Å². The van der Waals surface area contributed by atoms with E-state index in [1.54, 1.807) is 0 Å². The molecule has 0 aliphatic heterocycles. The molecule has 0 spiro atoms. The molecule has 0 radical (unpaired) electrons. The predicted molar refractivity (Wildman–Crippen MR) is 169 cm³/mol. The van der Waals surface area contributed by atoms with Crippen LogP contribution in [0.4, 0.5) is 0 Å². The topological polar surface area (TPSA) is 86.0 Å². The maximum atomic E-state index is 9.18. The van der Waals surface area contributed by atoms with Crippen LogP contribution in [0.1, 0.15) is 130 Å². The van der Waals surface area contributed by atoms with E-state index in [-0.39, 0.29) is 18.3 Å². The summed E-state index contributed by atoms with van der Waals surface area (Å²) in [5, 5.41) is 27.1. The zero-order valence-corrected chi connectivity index (χ0v) is 26.8. The van der Waals surface area contributed by atoms with Crippen LogP contribution in [-0.2, 0) is 9.05 Å². The molecular formula is C33H59N2O4P. The van der Waals surface area contributed by atoms with Crippen LogP contribution in [0.3, 0.4) is 0 Å². The minimum absolute atomic E-state index is 0.0325. The Labute approximate surface area is 247 Å². The average molecular weight is 579 g/mol. The SMILES string of the molecule is CC(C)N(C(C)C)P(OCCC#N)OC1CC/C=C/CCC1.OC1CC/C=C/CCC1.OC1CC/C=C\CCC1. The van der Waals surface area contributed by atoms with Crippen molar-refractivity contribution in [2.45, 2.75) is 161 Å². The largest absolute Gasteiger partial charge is 0.393 e. The Morgan fingerprint density at radius 2 is 1.18 bits per heavy atom. The van der Waals surface area contributed by atoms with Crippen LogP contribution in [0.15, 0.2) is 36.5 Å². The quantitative estimate of drug-likeness (QED) is 0.170. The van der Waals surface area contributed by atoms with Crippen molar-refractivity contribution in [3.05, 3.63) is 36.5 Å². The number of aliphatic hydroxyl groups is 2. The Balaban J connectivity index is 0.000000361. The minimum Gasteiger partial charge on any atom is -0.393 e. The molecule has 0 saturated heterocycles. The van der Waals surface area contributed by atoms with Crippen molar-refractivity contribution < 1.29 is 19.3 Å². The van der Waals surface area contributed by atoms with Gasteiger partial charge in [0.15, 0.2) is 0 Å². The van der Waals surface area contributed by atoms with Crippen LogP contribution < -0.4 is 0 Å². The highest BCUT2D eigenvalue weighted by Crippen LogP contribution is 2.48. The molecule has 0 aromatic carbocycles. The maximum absolute atomic E-state index is 9.18. The van der Waals surface area contributed by atoms with Crippen molar-refractivity contribution in [1.82, 2.24) is 4.67 Å². The summed E-state index contributed by atoms with van der Waals surface area (Å²) in [7, 11) is -1.10. The second kappa shape index (κ2) is 24.5. The Bertz CT molecular complexity index is 700. The first-order valence-corrected chi connectivity index (χ1v) is 17.0. The molecule has 0 amide bonds. The van der Waals surface area contributed by atoms with Crippen molar-refractivity contribution in [3.63, 3.8) is 0 Å². The third-order valence-corrected chi connectivity index (χ3v) is 9.29. The Hall–Kier alpha value is -1.06. The van der Waals surface area contributed by atoms with Crippen LogP contribution in [0.5, 0.6) is 0 Å². The summed E-state index contributed by atoms with van der Waals surface area (Å²) in [6, 6.07) is 2.87. The van der Waals surface area contributed by atoms with Crippen LogP contribution in [0.25, 0.3) is 0 Å². The Morgan fingerprint density at radius 3 is 1.65 bits per heavy atom. The molecule has 0 heterocycles. The normalized spacial score (nSPS) is 27.1. The molecule has 6 nitrogen and oxygen atoms in total. The lowest BCUT2D eigenvalue weighted by molar-refractivity contribution is 0.120. The summed E-state index contributed by atoms with van der Waals surface area (Å²) in [5.41, 5.74) is 0. The summed E-state index contributed by atoms with van der Waals surface area (Å²) in [6.45, 7) is 9.14. The number of allylic oxidation sites excluding steroid dienone is 6. The first-order chi connectivity index (χ1) is 19.3. The van der Waals surface area contributed by atoms with Crippen molar-refractivity contribution in [3.8, 4) is 6.07 Å². The van der Waals surface area contributed by atoms with Crippen LogP contribution in [0.2, 0.25) is 0 Å². The number of nitrogens with zero attached hydrogens (tertiary/aromatic N) is 2. The monoisotopic (exact) mass is 578 g/mol. The number of nitriles is 1. The molecule has 7 heteroatoms. The fraction of sp³-hybridized carbons (Fsp3) is 0.788. The molecule has 0 aromatic heterocycles. The van der Waals surface area contributed by atoms with Crippen molar-refractivity contribution in [2.24, 2.45) is 0 Å². The molecule has 0 aromatic rings. The number of hydrogen-bond acceptors (Lipinski definition) is 6. The van der Waals surface area contributed by atoms with Gasteiger partial charge in [-0.15, -0.1) is 0 Å². The van der Waals surface area contributed by atoms with Crippen LogP contribution in [-0.4, -0.2) is 51.9 Å². The van der Waals surface area contributed by atoms with Gasteiger partial charge in [-0.3, -0.25) is 0 Å². The second-order valence-corrected chi connectivity index (χ2v) is 12.9. The molecule has 0 bridgehead atoms. The molecule has 230 valence electrons. The van der Waals surface area contributed by atoms with E-state index in [2.05, 4.69) is 74.9 Å². The fourth-order valence-electron chi connectivity index (χ4n) is 4.93. The summed E-state index contributed by atoms with van der Waals surface area (Å²) >= 11 is 0. The molecule has 3 rings (SSSR count). The first-order valence-electron chi connectivity index (χ1n) is 15.9. The molecule has 0 saturated carbocycles. The lowest BCUT2D eigenvalue weighted by Gasteiger charge is -2.37. The lowest BCUT2D eigenvalue weighted by atomic mass is 10.0. The third-order valence-electron chi connectivity index (χ3n) is 7.10. The molecule has 40 heavy (non-hydrogen) atoms. The van der Waals surface area contributed by atoms with E-state index in [1.165, 1.54) is 6.42 Å². The summed E-state index contributed by atoms with van der Waals surface area (Å²) in [4.78, 5) is 0. The summed E-state index contributed by atoms with van der Waals surface area (Å²) in [5.74, 6) is 0. The maximum Gasteiger partial charge on any atom is 0.259 e. The zero-order chi connectivity index (χ0) is 29.4. The molecular weight excluding hydrogens is 519 g/mol. The van der Waals surface area contributed by atoms with Gasteiger partial charge in [0.1, 0.15) is 0 Å². The predicted octanol–water partition coefficient (Wildman–Crippen LogP) is 8.90. The summed E-state index contributed by atoms with van der Waals surface area (Å²) in [6.07, 6.45) is 30.1. The van der Waals surface area contributed by atoms with Crippen molar-refractivity contribution >= 4 is 8.53 Å². The van der Waals surface area contributed by atoms with Gasteiger partial charge in [-0.05, 0) is 124 Å². The van der Waals surface area contributed by atoms with Gasteiger partial charge in [0.25, 0.3) is 8.53 Å². The Morgan fingerprint density at radius 1 is 0.725 bits per heavy atom. The van der Waals surface area contributed by atoms with Gasteiger partial charge in [-0.2, -0.15) is 5.26 Å². The number of rotatable bonds is 8.